The molecule has 130 valence electrons. The fourth-order valence-electron chi connectivity index (χ4n) is 2.70. The molecule has 0 unspecified atom stereocenters. The van der Waals surface area contributed by atoms with E-state index in [1.165, 1.54) is 0 Å². The van der Waals surface area contributed by atoms with Gasteiger partial charge in [0.1, 0.15) is 11.3 Å². The summed E-state index contributed by atoms with van der Waals surface area (Å²) in [5, 5.41) is 2.83. The second kappa shape index (κ2) is 7.38. The Morgan fingerprint density at radius 3 is 2.88 bits per heavy atom. The van der Waals surface area contributed by atoms with E-state index in [0.29, 0.717) is 23.1 Å². The normalized spacial score (nSPS) is 12.1. The number of aryl methyl sites for hydroxylation is 1. The van der Waals surface area contributed by atoms with Crippen LogP contribution < -0.4 is 10.1 Å². The number of nitrogens with one attached hydrogen (secondary N) is 1. The van der Waals surface area contributed by atoms with Gasteiger partial charge in [0.05, 0.1) is 0 Å². The van der Waals surface area contributed by atoms with Crippen molar-refractivity contribution in [2.75, 3.05) is 11.9 Å². The SMILES string of the molecule is CC[C@H](C)c1ccccc1OCC(=O)Nc1ccc2oc(C)nc2c1. The van der Waals surface area contributed by atoms with E-state index in [2.05, 4.69) is 24.1 Å². The van der Waals surface area contributed by atoms with Crippen molar-refractivity contribution < 1.29 is 13.9 Å². The molecule has 0 aliphatic carbocycles. The number of oxazole rings is 1. The number of ether oxygens (including phenoxy) is 1. The van der Waals surface area contributed by atoms with E-state index in [9.17, 15) is 4.79 Å². The van der Waals surface area contributed by atoms with Gasteiger partial charge in [-0.3, -0.25) is 4.79 Å². The number of anilines is 1. The molecule has 0 fully saturated rings. The second-order valence-corrected chi connectivity index (χ2v) is 6.10. The van der Waals surface area contributed by atoms with E-state index in [4.69, 9.17) is 9.15 Å². The molecule has 0 saturated heterocycles. The van der Waals surface area contributed by atoms with Crippen LogP contribution in [0.15, 0.2) is 46.9 Å². The zero-order chi connectivity index (χ0) is 17.8. The maximum Gasteiger partial charge on any atom is 0.262 e. The first kappa shape index (κ1) is 17.0. The molecule has 2 aromatic carbocycles. The zero-order valence-electron chi connectivity index (χ0n) is 14.7. The lowest BCUT2D eigenvalue weighted by Gasteiger charge is -2.15. The van der Waals surface area contributed by atoms with Gasteiger partial charge in [-0.15, -0.1) is 0 Å². The third-order valence-electron chi connectivity index (χ3n) is 4.20. The molecular formula is C20H22N2O3. The summed E-state index contributed by atoms with van der Waals surface area (Å²) in [5.74, 6) is 1.54. The van der Waals surface area contributed by atoms with Crippen LogP contribution in [0.25, 0.3) is 11.1 Å². The highest BCUT2D eigenvalue weighted by Gasteiger charge is 2.12. The van der Waals surface area contributed by atoms with Gasteiger partial charge in [-0.1, -0.05) is 32.0 Å². The molecule has 1 amide bonds. The number of nitrogens with zero attached hydrogens (tertiary/aromatic N) is 1. The predicted octanol–water partition coefficient (Wildman–Crippen LogP) is 4.67. The van der Waals surface area contributed by atoms with Gasteiger partial charge in [-0.25, -0.2) is 4.98 Å². The Hall–Kier alpha value is -2.82. The van der Waals surface area contributed by atoms with Crippen molar-refractivity contribution in [2.45, 2.75) is 33.1 Å². The van der Waals surface area contributed by atoms with Crippen LogP contribution in [0.4, 0.5) is 5.69 Å². The Morgan fingerprint density at radius 2 is 2.08 bits per heavy atom. The Kier molecular flexibility index (Phi) is 5.03. The van der Waals surface area contributed by atoms with E-state index in [-0.39, 0.29) is 12.5 Å². The van der Waals surface area contributed by atoms with E-state index in [0.717, 1.165) is 23.3 Å². The van der Waals surface area contributed by atoms with E-state index in [1.807, 2.05) is 24.3 Å². The molecule has 3 aromatic rings. The Morgan fingerprint density at radius 1 is 1.28 bits per heavy atom. The maximum atomic E-state index is 12.2. The highest BCUT2D eigenvalue weighted by atomic mass is 16.5. The maximum absolute atomic E-state index is 12.2. The Labute approximate surface area is 147 Å². The van der Waals surface area contributed by atoms with Crippen molar-refractivity contribution in [3.8, 4) is 5.75 Å². The van der Waals surface area contributed by atoms with Crippen LogP contribution in [0.3, 0.4) is 0 Å². The van der Waals surface area contributed by atoms with Gasteiger partial charge in [0.15, 0.2) is 18.1 Å². The zero-order valence-corrected chi connectivity index (χ0v) is 14.7. The lowest BCUT2D eigenvalue weighted by atomic mass is 9.98. The largest absolute Gasteiger partial charge is 0.483 e. The molecule has 0 saturated carbocycles. The molecule has 5 heteroatoms. The summed E-state index contributed by atoms with van der Waals surface area (Å²) in [6.45, 7) is 6.04. The van der Waals surface area contributed by atoms with Crippen LogP contribution in [0, 0.1) is 6.92 Å². The van der Waals surface area contributed by atoms with Crippen molar-refractivity contribution in [3.05, 3.63) is 53.9 Å². The third-order valence-corrected chi connectivity index (χ3v) is 4.20. The summed E-state index contributed by atoms with van der Waals surface area (Å²) in [5.41, 5.74) is 3.22. The van der Waals surface area contributed by atoms with Crippen LogP contribution in [-0.4, -0.2) is 17.5 Å². The number of hydrogen-bond donors (Lipinski definition) is 1. The highest BCUT2D eigenvalue weighted by Crippen LogP contribution is 2.28. The number of rotatable bonds is 6. The van der Waals surface area contributed by atoms with Gasteiger partial charge in [-0.2, -0.15) is 0 Å². The van der Waals surface area contributed by atoms with E-state index in [1.54, 1.807) is 25.1 Å². The molecule has 5 nitrogen and oxygen atoms in total. The van der Waals surface area contributed by atoms with Crippen LogP contribution in [0.1, 0.15) is 37.6 Å². The van der Waals surface area contributed by atoms with Crippen molar-refractivity contribution in [2.24, 2.45) is 0 Å². The number of hydrogen-bond acceptors (Lipinski definition) is 4. The number of carbonyl (C=O) groups is 1. The molecule has 0 spiro atoms. The molecular weight excluding hydrogens is 316 g/mol. The average Bonchev–Trinajstić information content (AvgIpc) is 2.99. The van der Waals surface area contributed by atoms with Crippen molar-refractivity contribution in [1.29, 1.82) is 0 Å². The summed E-state index contributed by atoms with van der Waals surface area (Å²) >= 11 is 0. The molecule has 1 N–H and O–H groups in total. The fourth-order valence-corrected chi connectivity index (χ4v) is 2.70. The molecule has 3 rings (SSSR count). The Balaban J connectivity index is 1.64. The molecule has 0 bridgehead atoms. The van der Waals surface area contributed by atoms with Crippen LogP contribution in [0.2, 0.25) is 0 Å². The summed E-state index contributed by atoms with van der Waals surface area (Å²) in [6, 6.07) is 13.2. The lowest BCUT2D eigenvalue weighted by Crippen LogP contribution is -2.20. The molecule has 0 radical (unpaired) electrons. The summed E-state index contributed by atoms with van der Waals surface area (Å²) < 4.78 is 11.2. The number of carbonyl (C=O) groups excluding carboxylic acids is 1. The van der Waals surface area contributed by atoms with Crippen molar-refractivity contribution in [1.82, 2.24) is 4.98 Å². The molecule has 25 heavy (non-hydrogen) atoms. The van der Waals surface area contributed by atoms with Gasteiger partial charge in [-0.05, 0) is 42.2 Å². The van der Waals surface area contributed by atoms with Gasteiger partial charge >= 0.3 is 0 Å². The lowest BCUT2D eigenvalue weighted by molar-refractivity contribution is -0.118. The fraction of sp³-hybridized carbons (Fsp3) is 0.300. The first-order chi connectivity index (χ1) is 12.1. The van der Waals surface area contributed by atoms with Crippen molar-refractivity contribution in [3.63, 3.8) is 0 Å². The first-order valence-corrected chi connectivity index (χ1v) is 8.45. The molecule has 1 aromatic heterocycles. The summed E-state index contributed by atoms with van der Waals surface area (Å²) in [4.78, 5) is 16.5. The quantitative estimate of drug-likeness (QED) is 0.709. The van der Waals surface area contributed by atoms with Crippen LogP contribution in [0.5, 0.6) is 5.75 Å². The standard InChI is InChI=1S/C20H22N2O3/c1-4-13(2)16-7-5-6-8-18(16)24-12-20(23)22-15-9-10-19-17(11-15)21-14(3)25-19/h5-11,13H,4,12H2,1-3H3,(H,22,23)/t13-/m0/s1. The van der Waals surface area contributed by atoms with Crippen LogP contribution in [-0.2, 0) is 4.79 Å². The van der Waals surface area contributed by atoms with Gasteiger partial charge in [0, 0.05) is 12.6 Å². The van der Waals surface area contributed by atoms with Crippen LogP contribution >= 0.6 is 0 Å². The van der Waals surface area contributed by atoms with Crippen molar-refractivity contribution >= 4 is 22.7 Å². The topological polar surface area (TPSA) is 64.4 Å². The molecule has 0 aliphatic heterocycles. The highest BCUT2D eigenvalue weighted by molar-refractivity contribution is 5.93. The molecule has 1 atom stereocenters. The van der Waals surface area contributed by atoms with Gasteiger partial charge in [0.2, 0.25) is 0 Å². The molecule has 1 heterocycles. The van der Waals surface area contributed by atoms with E-state index >= 15 is 0 Å². The van der Waals surface area contributed by atoms with E-state index < -0.39 is 0 Å². The minimum Gasteiger partial charge on any atom is -0.483 e. The van der Waals surface area contributed by atoms with Gasteiger partial charge < -0.3 is 14.5 Å². The smallest absolute Gasteiger partial charge is 0.262 e. The second-order valence-electron chi connectivity index (χ2n) is 6.10. The first-order valence-electron chi connectivity index (χ1n) is 8.45. The number of benzene rings is 2. The summed E-state index contributed by atoms with van der Waals surface area (Å²) in [7, 11) is 0. The predicted molar refractivity (Wildman–Crippen MR) is 98.0 cm³/mol. The summed E-state index contributed by atoms with van der Waals surface area (Å²) in [6.07, 6.45) is 1.02. The minimum atomic E-state index is -0.210. The Bertz CT molecular complexity index is 886. The average molecular weight is 338 g/mol. The van der Waals surface area contributed by atoms with Gasteiger partial charge in [0.25, 0.3) is 5.91 Å². The number of fused-ring (bicyclic) bond motifs is 1. The monoisotopic (exact) mass is 338 g/mol. The third kappa shape index (κ3) is 3.99. The minimum absolute atomic E-state index is 0.0384. The number of para-hydroxylation sites is 1. The number of aromatic nitrogens is 1. The number of amides is 1. The molecule has 0 aliphatic rings.